The van der Waals surface area contributed by atoms with Crippen LogP contribution in [0, 0.1) is 5.41 Å². The fraction of sp³-hybridized carbons (Fsp3) is 0.556. The van der Waals surface area contributed by atoms with E-state index in [9.17, 15) is 0 Å². The number of ether oxygens (including phenoxy) is 1. The van der Waals surface area contributed by atoms with Crippen molar-refractivity contribution < 1.29 is 6.16 Å². The van der Waals surface area contributed by atoms with E-state index in [-0.39, 0.29) is 1.43 Å². The molecule has 2 heteroatoms. The molecule has 0 spiro atoms. The van der Waals surface area contributed by atoms with Gasteiger partial charge in [0.05, 0.1) is 6.61 Å². The minimum atomic E-state index is 0. The number of aromatic amines is 1. The molecule has 1 heterocycles. The molecule has 1 N–H and O–H groups in total. The maximum Gasteiger partial charge on any atom is 0.0516 e. The fourth-order valence-corrected chi connectivity index (χ4v) is 3.31. The average Bonchev–Trinajstić information content (AvgIpc) is 2.79. The van der Waals surface area contributed by atoms with E-state index >= 15 is 0 Å². The van der Waals surface area contributed by atoms with Crippen LogP contribution in [0.2, 0.25) is 0 Å². The summed E-state index contributed by atoms with van der Waals surface area (Å²) in [6, 6.07) is 0. The zero-order valence-electron chi connectivity index (χ0n) is 13.0. The van der Waals surface area contributed by atoms with Gasteiger partial charge in [0.1, 0.15) is 0 Å². The Bertz CT molecular complexity index is 565. The van der Waals surface area contributed by atoms with Gasteiger partial charge in [0.2, 0.25) is 0 Å². The van der Waals surface area contributed by atoms with Gasteiger partial charge >= 0.3 is 0 Å². The highest BCUT2D eigenvalue weighted by Gasteiger charge is 2.32. The second kappa shape index (κ2) is 6.45. The van der Waals surface area contributed by atoms with E-state index in [1.807, 2.05) is 13.0 Å². The summed E-state index contributed by atoms with van der Waals surface area (Å²) >= 11 is 0. The minimum absolute atomic E-state index is 0. The highest BCUT2D eigenvalue weighted by atomic mass is 16.5. The Morgan fingerprint density at radius 1 is 1.50 bits per heavy atom. The molecule has 0 atom stereocenters. The number of rotatable bonds is 4. The second-order valence-corrected chi connectivity index (χ2v) is 6.35. The SMILES string of the molecule is C=c1c(C2CCC(C)(COC)CC2)c[nH]/c1=C/C=C\C.[HH]. The Kier molecular flexibility index (Phi) is 4.87. The quantitative estimate of drug-likeness (QED) is 0.895. The molecule has 1 fully saturated rings. The molecule has 2 nitrogen and oxygen atoms in total. The molecule has 20 heavy (non-hydrogen) atoms. The lowest BCUT2D eigenvalue weighted by Crippen LogP contribution is -2.30. The predicted octanol–water partition coefficient (Wildman–Crippen LogP) is 3.34. The van der Waals surface area contributed by atoms with E-state index in [0.717, 1.165) is 12.0 Å². The number of hydrogen-bond donors (Lipinski definition) is 1. The van der Waals surface area contributed by atoms with E-state index in [1.54, 1.807) is 7.11 Å². The Labute approximate surface area is 123 Å². The molecule has 1 aliphatic carbocycles. The van der Waals surface area contributed by atoms with E-state index in [4.69, 9.17) is 4.74 Å². The molecule has 0 amide bonds. The third-order valence-electron chi connectivity index (χ3n) is 4.64. The molecule has 1 aliphatic rings. The molecule has 0 radical (unpaired) electrons. The van der Waals surface area contributed by atoms with Crippen molar-refractivity contribution >= 4 is 12.7 Å². The summed E-state index contributed by atoms with van der Waals surface area (Å²) in [7, 11) is 1.81. The number of allylic oxidation sites excluding steroid dienone is 2. The van der Waals surface area contributed by atoms with E-state index in [2.05, 4.69) is 36.8 Å². The smallest absolute Gasteiger partial charge is 0.0516 e. The van der Waals surface area contributed by atoms with Crippen LogP contribution in [0.5, 0.6) is 0 Å². The summed E-state index contributed by atoms with van der Waals surface area (Å²) in [6.07, 6.45) is 13.3. The van der Waals surface area contributed by atoms with Crippen LogP contribution in [-0.4, -0.2) is 18.7 Å². The molecule has 0 saturated heterocycles. The topological polar surface area (TPSA) is 25.0 Å². The van der Waals surface area contributed by atoms with Crippen molar-refractivity contribution in [3.8, 4) is 0 Å². The summed E-state index contributed by atoms with van der Waals surface area (Å²) < 4.78 is 5.37. The van der Waals surface area contributed by atoms with Crippen LogP contribution in [0.25, 0.3) is 12.7 Å². The third-order valence-corrected chi connectivity index (χ3v) is 4.64. The van der Waals surface area contributed by atoms with Crippen molar-refractivity contribution in [2.24, 2.45) is 5.41 Å². The standard InChI is InChI=1S/C18H27NO.H2/c1-5-6-7-17-14(2)16(12-19-17)15-8-10-18(3,11-9-15)13-20-4;/h5-7,12,15,19H,2,8-11,13H2,1,3-4H3;1H/b6-5-,17-7+;. The Morgan fingerprint density at radius 2 is 2.20 bits per heavy atom. The molecule has 2 rings (SSSR count). The van der Waals surface area contributed by atoms with Crippen LogP contribution in [-0.2, 0) is 4.74 Å². The molecule has 0 aliphatic heterocycles. The summed E-state index contributed by atoms with van der Waals surface area (Å²) in [4.78, 5) is 3.36. The largest absolute Gasteiger partial charge is 0.384 e. The van der Waals surface area contributed by atoms with Crippen LogP contribution in [0.3, 0.4) is 0 Å². The van der Waals surface area contributed by atoms with E-state index in [1.165, 1.54) is 36.5 Å². The van der Waals surface area contributed by atoms with Crippen molar-refractivity contribution in [3.05, 3.63) is 34.5 Å². The summed E-state index contributed by atoms with van der Waals surface area (Å²) in [6.45, 7) is 9.52. The molecule has 1 aromatic heterocycles. The van der Waals surface area contributed by atoms with Gasteiger partial charge in [-0.2, -0.15) is 0 Å². The number of hydrogen-bond acceptors (Lipinski definition) is 1. The maximum absolute atomic E-state index is 5.37. The first-order chi connectivity index (χ1) is 9.59. The molecule has 1 saturated carbocycles. The molecule has 112 valence electrons. The van der Waals surface area contributed by atoms with Crippen molar-refractivity contribution in [2.45, 2.75) is 45.4 Å². The molecule has 0 bridgehead atoms. The highest BCUT2D eigenvalue weighted by molar-refractivity contribution is 5.37. The first-order valence-corrected chi connectivity index (χ1v) is 7.58. The van der Waals surface area contributed by atoms with Crippen LogP contribution in [0.15, 0.2) is 18.3 Å². The third kappa shape index (κ3) is 3.24. The predicted molar refractivity (Wildman–Crippen MR) is 88.1 cm³/mol. The lowest BCUT2D eigenvalue weighted by Gasteiger charge is -2.36. The van der Waals surface area contributed by atoms with Gasteiger partial charge in [-0.25, -0.2) is 0 Å². The number of nitrogens with one attached hydrogen (secondary N) is 1. The Hall–Kier alpha value is -1.28. The highest BCUT2D eigenvalue weighted by Crippen LogP contribution is 2.41. The molecule has 0 unspecified atom stereocenters. The van der Waals surface area contributed by atoms with Crippen molar-refractivity contribution in [3.63, 3.8) is 0 Å². The average molecular weight is 275 g/mol. The minimum Gasteiger partial charge on any atom is -0.384 e. The van der Waals surface area contributed by atoms with Gasteiger partial charge in [0, 0.05) is 20.1 Å². The monoisotopic (exact) mass is 275 g/mol. The van der Waals surface area contributed by atoms with Gasteiger partial charge in [-0.3, -0.25) is 0 Å². The van der Waals surface area contributed by atoms with Crippen molar-refractivity contribution in [1.82, 2.24) is 4.98 Å². The zero-order chi connectivity index (χ0) is 14.6. The first-order valence-electron chi connectivity index (χ1n) is 7.58. The maximum atomic E-state index is 5.37. The Morgan fingerprint density at radius 3 is 2.80 bits per heavy atom. The van der Waals surface area contributed by atoms with Crippen molar-refractivity contribution in [2.75, 3.05) is 13.7 Å². The van der Waals surface area contributed by atoms with Gasteiger partial charge in [-0.05, 0) is 60.8 Å². The number of aromatic nitrogens is 1. The molecular formula is C18H29NO. The second-order valence-electron chi connectivity index (χ2n) is 6.35. The number of H-pyrrole nitrogens is 1. The lowest BCUT2D eigenvalue weighted by atomic mass is 9.70. The van der Waals surface area contributed by atoms with E-state index in [0.29, 0.717) is 11.3 Å². The van der Waals surface area contributed by atoms with Crippen LogP contribution >= 0.6 is 0 Å². The van der Waals surface area contributed by atoms with Gasteiger partial charge in [0.15, 0.2) is 0 Å². The lowest BCUT2D eigenvalue weighted by molar-refractivity contribution is 0.0581. The van der Waals surface area contributed by atoms with Crippen LogP contribution < -0.4 is 10.6 Å². The Balaban J connectivity index is 0.00000220. The van der Waals surface area contributed by atoms with Crippen LogP contribution in [0.4, 0.5) is 0 Å². The fourth-order valence-electron chi connectivity index (χ4n) is 3.31. The molecular weight excluding hydrogens is 246 g/mol. The molecule has 0 aromatic carbocycles. The van der Waals surface area contributed by atoms with Gasteiger partial charge in [-0.1, -0.05) is 25.7 Å². The summed E-state index contributed by atoms with van der Waals surface area (Å²) in [5, 5.41) is 2.31. The summed E-state index contributed by atoms with van der Waals surface area (Å²) in [5.74, 6) is 0.649. The number of methoxy groups -OCH3 is 1. The van der Waals surface area contributed by atoms with Gasteiger partial charge < -0.3 is 9.72 Å². The van der Waals surface area contributed by atoms with Crippen LogP contribution in [0.1, 0.15) is 52.4 Å². The molecule has 1 aromatic rings. The zero-order valence-corrected chi connectivity index (χ0v) is 13.0. The van der Waals surface area contributed by atoms with Gasteiger partial charge in [0.25, 0.3) is 0 Å². The van der Waals surface area contributed by atoms with Crippen molar-refractivity contribution in [1.29, 1.82) is 0 Å². The van der Waals surface area contributed by atoms with E-state index < -0.39 is 0 Å². The summed E-state index contributed by atoms with van der Waals surface area (Å²) in [5.41, 5.74) is 1.77. The normalized spacial score (nSPS) is 28.4. The van der Waals surface area contributed by atoms with Gasteiger partial charge in [-0.15, -0.1) is 0 Å². The first kappa shape index (κ1) is 15.1.